The molecule has 0 radical (unpaired) electrons. The first-order chi connectivity index (χ1) is 12.7. The van der Waals surface area contributed by atoms with E-state index in [1.165, 1.54) is 0 Å². The third-order valence-electron chi connectivity index (χ3n) is 4.63. The van der Waals surface area contributed by atoms with Crippen molar-refractivity contribution in [2.24, 2.45) is 0 Å². The van der Waals surface area contributed by atoms with Crippen molar-refractivity contribution in [1.82, 2.24) is 20.6 Å². The Morgan fingerprint density at radius 2 is 1.92 bits per heavy atom. The van der Waals surface area contributed by atoms with Crippen LogP contribution in [0.25, 0.3) is 11.0 Å². The van der Waals surface area contributed by atoms with Crippen LogP contribution < -0.4 is 10.6 Å². The van der Waals surface area contributed by atoms with Crippen molar-refractivity contribution >= 4 is 22.8 Å². The van der Waals surface area contributed by atoms with E-state index in [-0.39, 0.29) is 24.3 Å². The van der Waals surface area contributed by atoms with E-state index in [1.54, 1.807) is 6.07 Å². The average molecular weight is 348 g/mol. The van der Waals surface area contributed by atoms with Crippen LogP contribution in [0, 0.1) is 0 Å². The fraction of sp³-hybridized carbons (Fsp3) is 0.250. The number of aromatic nitrogens is 2. The quantitative estimate of drug-likeness (QED) is 0.598. The number of carbonyl (C=O) groups excluding carboxylic acids is 2. The van der Waals surface area contributed by atoms with Crippen LogP contribution in [0.1, 0.15) is 40.6 Å². The number of carbonyl (C=O) groups is 2. The van der Waals surface area contributed by atoms with Gasteiger partial charge in [0, 0.05) is 18.5 Å². The number of benzene rings is 2. The smallest absolute Gasteiger partial charge is 0.252 e. The van der Waals surface area contributed by atoms with Gasteiger partial charge in [-0.1, -0.05) is 30.3 Å². The molecule has 1 aromatic heterocycles. The summed E-state index contributed by atoms with van der Waals surface area (Å²) in [7, 11) is 0. The highest BCUT2D eigenvalue weighted by Gasteiger charge is 2.29. The van der Waals surface area contributed by atoms with Crippen molar-refractivity contribution in [2.45, 2.75) is 25.3 Å². The summed E-state index contributed by atoms with van der Waals surface area (Å²) in [5.41, 5.74) is 3.55. The molecule has 6 nitrogen and oxygen atoms in total. The molecule has 2 heterocycles. The molecule has 2 amide bonds. The molecule has 0 spiro atoms. The Morgan fingerprint density at radius 3 is 2.81 bits per heavy atom. The molecule has 1 aliphatic heterocycles. The minimum Gasteiger partial charge on any atom is -0.356 e. The van der Waals surface area contributed by atoms with Crippen molar-refractivity contribution in [1.29, 1.82) is 0 Å². The van der Waals surface area contributed by atoms with Gasteiger partial charge in [0.05, 0.1) is 23.5 Å². The van der Waals surface area contributed by atoms with Gasteiger partial charge in [0.15, 0.2) is 0 Å². The molecule has 1 atom stereocenters. The van der Waals surface area contributed by atoms with E-state index in [0.717, 1.165) is 35.3 Å². The first-order valence-corrected chi connectivity index (χ1v) is 8.81. The first kappa shape index (κ1) is 16.3. The van der Waals surface area contributed by atoms with Gasteiger partial charge < -0.3 is 15.6 Å². The van der Waals surface area contributed by atoms with E-state index in [4.69, 9.17) is 0 Å². The Morgan fingerprint density at radius 1 is 1.12 bits per heavy atom. The van der Waals surface area contributed by atoms with Gasteiger partial charge in [-0.15, -0.1) is 0 Å². The lowest BCUT2D eigenvalue weighted by atomic mass is 10.0. The van der Waals surface area contributed by atoms with Crippen molar-refractivity contribution in [3.63, 3.8) is 0 Å². The number of nitrogens with one attached hydrogen (secondary N) is 3. The summed E-state index contributed by atoms with van der Waals surface area (Å²) in [6, 6.07) is 15.1. The minimum atomic E-state index is -0.242. The highest BCUT2D eigenvalue weighted by Crippen LogP contribution is 2.27. The number of para-hydroxylation sites is 2. The summed E-state index contributed by atoms with van der Waals surface area (Å²) in [6.07, 6.45) is 1.84. The molecular formula is C20H20N4O2. The standard InChI is InChI=1S/C20H20N4O2/c25-19(12-17-13-6-1-2-7-14(13)20(26)24-17)21-11-5-10-18-22-15-8-3-4-9-16(15)23-18/h1-4,6-9,17H,5,10-12H2,(H,21,25)(H,22,23)(H,24,26). The first-order valence-electron chi connectivity index (χ1n) is 8.81. The van der Waals surface area contributed by atoms with Gasteiger partial charge in [-0.3, -0.25) is 9.59 Å². The van der Waals surface area contributed by atoms with Crippen LogP contribution in [0.3, 0.4) is 0 Å². The Hall–Kier alpha value is -3.15. The molecule has 3 N–H and O–H groups in total. The molecule has 2 aromatic carbocycles. The average Bonchev–Trinajstić information content (AvgIpc) is 3.20. The monoisotopic (exact) mass is 348 g/mol. The second-order valence-electron chi connectivity index (χ2n) is 6.47. The Kier molecular flexibility index (Phi) is 4.39. The van der Waals surface area contributed by atoms with Gasteiger partial charge in [0.25, 0.3) is 5.91 Å². The number of amides is 2. The van der Waals surface area contributed by atoms with E-state index < -0.39 is 0 Å². The van der Waals surface area contributed by atoms with Gasteiger partial charge >= 0.3 is 0 Å². The lowest BCUT2D eigenvalue weighted by Gasteiger charge is -2.11. The summed E-state index contributed by atoms with van der Waals surface area (Å²) >= 11 is 0. The van der Waals surface area contributed by atoms with Crippen LogP contribution in [0.15, 0.2) is 48.5 Å². The summed E-state index contributed by atoms with van der Waals surface area (Å²) in [5.74, 6) is 0.761. The maximum Gasteiger partial charge on any atom is 0.252 e. The van der Waals surface area contributed by atoms with Crippen LogP contribution >= 0.6 is 0 Å². The molecule has 3 aromatic rings. The maximum absolute atomic E-state index is 12.2. The third-order valence-corrected chi connectivity index (χ3v) is 4.63. The molecule has 0 bridgehead atoms. The van der Waals surface area contributed by atoms with Crippen molar-refractivity contribution in [3.05, 3.63) is 65.5 Å². The summed E-state index contributed by atoms with van der Waals surface area (Å²) in [6.45, 7) is 0.582. The maximum atomic E-state index is 12.2. The molecule has 0 saturated carbocycles. The second-order valence-corrected chi connectivity index (χ2v) is 6.47. The molecular weight excluding hydrogens is 328 g/mol. The zero-order valence-electron chi connectivity index (χ0n) is 14.3. The van der Waals surface area contributed by atoms with Gasteiger partial charge in [0.2, 0.25) is 5.91 Å². The van der Waals surface area contributed by atoms with E-state index in [9.17, 15) is 9.59 Å². The zero-order valence-corrected chi connectivity index (χ0v) is 14.3. The largest absolute Gasteiger partial charge is 0.356 e. The summed E-state index contributed by atoms with van der Waals surface area (Å²) in [5, 5.41) is 5.79. The number of H-pyrrole nitrogens is 1. The lowest BCUT2D eigenvalue weighted by Crippen LogP contribution is -2.29. The molecule has 0 aliphatic carbocycles. The molecule has 132 valence electrons. The number of aryl methyl sites for hydroxylation is 1. The van der Waals surface area contributed by atoms with Crippen molar-refractivity contribution in [2.75, 3.05) is 6.54 Å². The molecule has 1 unspecified atom stereocenters. The number of hydrogen-bond acceptors (Lipinski definition) is 3. The molecule has 6 heteroatoms. The second kappa shape index (κ2) is 7.00. The Balaban J connectivity index is 1.25. The van der Waals surface area contributed by atoms with Gasteiger partial charge in [-0.2, -0.15) is 0 Å². The molecule has 26 heavy (non-hydrogen) atoms. The number of aromatic amines is 1. The fourth-order valence-electron chi connectivity index (χ4n) is 3.35. The lowest BCUT2D eigenvalue weighted by molar-refractivity contribution is -0.121. The van der Waals surface area contributed by atoms with Gasteiger partial charge in [0.1, 0.15) is 5.82 Å². The van der Waals surface area contributed by atoms with Crippen molar-refractivity contribution in [3.8, 4) is 0 Å². The van der Waals surface area contributed by atoms with Crippen LogP contribution in [0.5, 0.6) is 0 Å². The highest BCUT2D eigenvalue weighted by molar-refractivity contribution is 5.99. The highest BCUT2D eigenvalue weighted by atomic mass is 16.2. The Labute approximate surface area is 151 Å². The fourth-order valence-corrected chi connectivity index (χ4v) is 3.35. The topological polar surface area (TPSA) is 86.9 Å². The predicted molar refractivity (Wildman–Crippen MR) is 98.7 cm³/mol. The van der Waals surface area contributed by atoms with Crippen LogP contribution in [0.2, 0.25) is 0 Å². The van der Waals surface area contributed by atoms with Gasteiger partial charge in [-0.25, -0.2) is 4.98 Å². The van der Waals surface area contributed by atoms with Gasteiger partial charge in [-0.05, 0) is 30.2 Å². The Bertz CT molecular complexity index is 930. The van der Waals surface area contributed by atoms with Crippen molar-refractivity contribution < 1.29 is 9.59 Å². The summed E-state index contributed by atoms with van der Waals surface area (Å²) < 4.78 is 0. The van der Waals surface area contributed by atoms with Crippen LogP contribution in [-0.2, 0) is 11.2 Å². The number of rotatable bonds is 6. The summed E-state index contributed by atoms with van der Waals surface area (Å²) in [4.78, 5) is 31.9. The molecule has 0 saturated heterocycles. The number of hydrogen-bond donors (Lipinski definition) is 3. The molecule has 1 aliphatic rings. The SMILES string of the molecule is O=C(CC1NC(=O)c2ccccc21)NCCCc1nc2ccccc2[nH]1. The number of nitrogens with zero attached hydrogens (tertiary/aromatic N) is 1. The predicted octanol–water partition coefficient (Wildman–Crippen LogP) is 2.49. The van der Waals surface area contributed by atoms with E-state index in [0.29, 0.717) is 12.1 Å². The number of imidazole rings is 1. The number of fused-ring (bicyclic) bond motifs is 2. The molecule has 4 rings (SSSR count). The minimum absolute atomic E-state index is 0.0587. The van der Waals surface area contributed by atoms with E-state index >= 15 is 0 Å². The third kappa shape index (κ3) is 3.31. The zero-order chi connectivity index (χ0) is 17.9. The van der Waals surface area contributed by atoms with E-state index in [2.05, 4.69) is 20.6 Å². The van der Waals surface area contributed by atoms with E-state index in [1.807, 2.05) is 42.5 Å². The normalized spacial score (nSPS) is 15.7. The molecule has 0 fully saturated rings. The van der Waals surface area contributed by atoms with Crippen LogP contribution in [-0.4, -0.2) is 28.3 Å². The van der Waals surface area contributed by atoms with Crippen LogP contribution in [0.4, 0.5) is 0 Å².